The Morgan fingerprint density at radius 2 is 1.83 bits per heavy atom. The van der Waals surface area contributed by atoms with Gasteiger partial charge in [-0.3, -0.25) is 0 Å². The van der Waals surface area contributed by atoms with Crippen molar-refractivity contribution in [1.29, 1.82) is 0 Å². The molecular weight excluding hydrogens is 230 g/mol. The van der Waals surface area contributed by atoms with Crippen LogP contribution in [0.4, 0.5) is 17.6 Å². The Balaban J connectivity index is 2.51. The Hall–Kier alpha value is -1.56. The first kappa shape index (κ1) is 14.5. The summed E-state index contributed by atoms with van der Waals surface area (Å²) >= 11 is 0. The minimum atomic E-state index is -0.269. The summed E-state index contributed by atoms with van der Waals surface area (Å²) in [7, 11) is 0. The van der Waals surface area contributed by atoms with E-state index in [9.17, 15) is 5.11 Å². The summed E-state index contributed by atoms with van der Waals surface area (Å²) in [4.78, 5) is 8.20. The third-order valence-electron chi connectivity index (χ3n) is 2.55. The smallest absolute Gasteiger partial charge is 0.223 e. The van der Waals surface area contributed by atoms with Gasteiger partial charge in [-0.1, -0.05) is 13.8 Å². The first-order valence-electron chi connectivity index (χ1n) is 6.46. The Morgan fingerprint density at radius 3 is 2.39 bits per heavy atom. The number of nitrogen functional groups attached to an aromatic ring is 1. The molecule has 102 valence electrons. The molecule has 1 rings (SSSR count). The summed E-state index contributed by atoms with van der Waals surface area (Å²) in [5.41, 5.74) is 5.64. The van der Waals surface area contributed by atoms with Crippen molar-refractivity contribution in [3.8, 4) is 0 Å². The predicted octanol–water partition coefficient (Wildman–Crippen LogP) is 1.45. The van der Waals surface area contributed by atoms with Gasteiger partial charge in [0.25, 0.3) is 0 Å². The van der Waals surface area contributed by atoms with Gasteiger partial charge in [0.15, 0.2) is 0 Å². The van der Waals surface area contributed by atoms with Gasteiger partial charge < -0.3 is 21.5 Å². The van der Waals surface area contributed by atoms with Gasteiger partial charge in [0.2, 0.25) is 5.95 Å². The number of aromatic nitrogens is 2. The molecule has 0 saturated heterocycles. The van der Waals surface area contributed by atoms with Gasteiger partial charge in [-0.25, -0.2) is 0 Å². The molecule has 1 unspecified atom stereocenters. The number of hydrogen-bond acceptors (Lipinski definition) is 6. The average Bonchev–Trinajstić information content (AvgIpc) is 2.35. The molecule has 18 heavy (non-hydrogen) atoms. The molecule has 5 N–H and O–H groups in total. The largest absolute Gasteiger partial charge is 0.393 e. The molecule has 1 heterocycles. The van der Waals surface area contributed by atoms with Gasteiger partial charge in [0, 0.05) is 19.2 Å². The summed E-state index contributed by atoms with van der Waals surface area (Å²) in [6.07, 6.45) is 2.21. The molecule has 0 bridgehead atoms. The molecule has 1 aromatic heterocycles. The molecule has 0 fully saturated rings. The maximum absolute atomic E-state index is 9.45. The lowest BCUT2D eigenvalue weighted by molar-refractivity contribution is 0.164. The van der Waals surface area contributed by atoms with Crippen LogP contribution in [0.3, 0.4) is 0 Å². The molecule has 6 nitrogen and oxygen atoms in total. The number of anilines is 3. The third kappa shape index (κ3) is 5.18. The fraction of sp³-hybridized carbons (Fsp3) is 0.667. The number of aliphatic hydroxyl groups excluding tert-OH is 1. The fourth-order valence-corrected chi connectivity index (χ4v) is 1.47. The monoisotopic (exact) mass is 253 g/mol. The van der Waals surface area contributed by atoms with E-state index in [-0.39, 0.29) is 12.1 Å². The fourth-order valence-electron chi connectivity index (χ4n) is 1.47. The lowest BCUT2D eigenvalue weighted by Gasteiger charge is -2.11. The van der Waals surface area contributed by atoms with Crippen molar-refractivity contribution in [2.24, 2.45) is 0 Å². The molecule has 0 aromatic carbocycles. The average molecular weight is 253 g/mol. The number of nitrogens with two attached hydrogens (primary N) is 1. The van der Waals surface area contributed by atoms with E-state index in [4.69, 9.17) is 5.73 Å². The van der Waals surface area contributed by atoms with Crippen molar-refractivity contribution < 1.29 is 5.11 Å². The summed E-state index contributed by atoms with van der Waals surface area (Å²) in [5.74, 6) is 1.65. The van der Waals surface area contributed by atoms with E-state index < -0.39 is 0 Å². The van der Waals surface area contributed by atoms with Gasteiger partial charge in [-0.05, 0) is 19.3 Å². The number of nitrogens with zero attached hydrogens (tertiary/aromatic N) is 2. The summed E-state index contributed by atoms with van der Waals surface area (Å²) in [6.45, 7) is 5.56. The van der Waals surface area contributed by atoms with Crippen LogP contribution in [0.5, 0.6) is 0 Å². The quantitative estimate of drug-likeness (QED) is 0.560. The van der Waals surface area contributed by atoms with Crippen LogP contribution < -0.4 is 16.4 Å². The summed E-state index contributed by atoms with van der Waals surface area (Å²) in [6, 6.07) is 1.82. The molecule has 0 radical (unpaired) electrons. The Morgan fingerprint density at radius 1 is 1.22 bits per heavy atom. The van der Waals surface area contributed by atoms with Crippen LogP contribution in [-0.4, -0.2) is 34.3 Å². The van der Waals surface area contributed by atoms with Crippen LogP contribution in [0.1, 0.15) is 33.1 Å². The number of aliphatic hydroxyl groups is 1. The minimum Gasteiger partial charge on any atom is -0.393 e. The molecule has 0 aliphatic carbocycles. The number of hydrogen-bond donors (Lipinski definition) is 4. The highest BCUT2D eigenvalue weighted by Gasteiger charge is 2.03. The molecule has 0 aliphatic heterocycles. The van der Waals surface area contributed by atoms with Crippen LogP contribution in [0, 0.1) is 0 Å². The second-order valence-electron chi connectivity index (χ2n) is 4.20. The topological polar surface area (TPSA) is 96.1 Å². The zero-order valence-electron chi connectivity index (χ0n) is 11.1. The van der Waals surface area contributed by atoms with E-state index in [1.807, 2.05) is 13.0 Å². The first-order chi connectivity index (χ1) is 8.65. The molecule has 0 spiro atoms. The zero-order valence-corrected chi connectivity index (χ0v) is 11.1. The van der Waals surface area contributed by atoms with Crippen LogP contribution in [0.25, 0.3) is 0 Å². The highest BCUT2D eigenvalue weighted by molar-refractivity contribution is 5.50. The zero-order chi connectivity index (χ0) is 13.4. The van der Waals surface area contributed by atoms with E-state index in [0.717, 1.165) is 25.2 Å². The standard InChI is InChI=1S/C12H23N5O/c1-3-6-14-10-8-11(17-12(13)16-10)15-7-5-9(18)4-2/h8-9,18H,3-7H2,1-2H3,(H4,13,14,15,16,17). The molecule has 1 atom stereocenters. The second-order valence-corrected chi connectivity index (χ2v) is 4.20. The second kappa shape index (κ2) is 7.71. The third-order valence-corrected chi connectivity index (χ3v) is 2.55. The predicted molar refractivity (Wildman–Crippen MR) is 74.6 cm³/mol. The van der Waals surface area contributed by atoms with Crippen molar-refractivity contribution in [2.75, 3.05) is 29.5 Å². The number of nitrogens with one attached hydrogen (secondary N) is 2. The van der Waals surface area contributed by atoms with Gasteiger partial charge in [-0.15, -0.1) is 0 Å². The van der Waals surface area contributed by atoms with E-state index in [1.54, 1.807) is 0 Å². The van der Waals surface area contributed by atoms with E-state index >= 15 is 0 Å². The van der Waals surface area contributed by atoms with Crippen LogP contribution >= 0.6 is 0 Å². The SMILES string of the molecule is CCCNc1cc(NCCC(O)CC)nc(N)n1. The lowest BCUT2D eigenvalue weighted by atomic mass is 10.2. The summed E-state index contributed by atoms with van der Waals surface area (Å²) in [5, 5.41) is 15.8. The molecule has 0 aliphatic rings. The maximum Gasteiger partial charge on any atom is 0.223 e. The Bertz CT molecular complexity index is 358. The minimum absolute atomic E-state index is 0.245. The van der Waals surface area contributed by atoms with Crippen molar-refractivity contribution in [3.63, 3.8) is 0 Å². The first-order valence-corrected chi connectivity index (χ1v) is 6.46. The Labute approximate surface area is 108 Å². The van der Waals surface area contributed by atoms with Crippen LogP contribution in [0.15, 0.2) is 6.07 Å². The van der Waals surface area contributed by atoms with Crippen molar-refractivity contribution in [2.45, 2.75) is 39.2 Å². The molecule has 1 aromatic rings. The van der Waals surface area contributed by atoms with E-state index in [2.05, 4.69) is 27.5 Å². The molecular formula is C12H23N5O. The molecule has 0 saturated carbocycles. The van der Waals surface area contributed by atoms with Gasteiger partial charge in [0.1, 0.15) is 11.6 Å². The van der Waals surface area contributed by atoms with Crippen molar-refractivity contribution >= 4 is 17.6 Å². The van der Waals surface area contributed by atoms with Crippen LogP contribution in [-0.2, 0) is 0 Å². The molecule has 6 heteroatoms. The van der Waals surface area contributed by atoms with Crippen LogP contribution in [0.2, 0.25) is 0 Å². The van der Waals surface area contributed by atoms with E-state index in [0.29, 0.717) is 18.8 Å². The van der Waals surface area contributed by atoms with Gasteiger partial charge in [0.05, 0.1) is 6.10 Å². The maximum atomic E-state index is 9.45. The Kier molecular flexibility index (Phi) is 6.21. The number of rotatable bonds is 8. The highest BCUT2D eigenvalue weighted by atomic mass is 16.3. The van der Waals surface area contributed by atoms with Gasteiger partial charge in [-0.2, -0.15) is 9.97 Å². The normalized spacial score (nSPS) is 12.2. The summed E-state index contributed by atoms with van der Waals surface area (Å²) < 4.78 is 0. The molecule has 0 amide bonds. The lowest BCUT2D eigenvalue weighted by Crippen LogP contribution is -2.14. The van der Waals surface area contributed by atoms with Gasteiger partial charge >= 0.3 is 0 Å². The van der Waals surface area contributed by atoms with Crippen molar-refractivity contribution in [3.05, 3.63) is 6.07 Å². The highest BCUT2D eigenvalue weighted by Crippen LogP contribution is 2.12. The van der Waals surface area contributed by atoms with E-state index in [1.165, 1.54) is 0 Å². The van der Waals surface area contributed by atoms with Crippen molar-refractivity contribution in [1.82, 2.24) is 9.97 Å².